The molecule has 6 aromatic rings. The van der Waals surface area contributed by atoms with E-state index in [4.69, 9.17) is 9.40 Å². The third kappa shape index (κ3) is 2.45. The summed E-state index contributed by atoms with van der Waals surface area (Å²) in [6.45, 7) is 4.01. The molecular formula is C25H18N4O. The maximum atomic E-state index is 6.24. The Hall–Kier alpha value is -3.99. The highest BCUT2D eigenvalue weighted by Gasteiger charge is 2.20. The highest BCUT2D eigenvalue weighted by atomic mass is 16.3. The number of furan rings is 1. The maximum Gasteiger partial charge on any atom is 0.227 e. The van der Waals surface area contributed by atoms with Crippen molar-refractivity contribution in [2.45, 2.75) is 13.8 Å². The van der Waals surface area contributed by atoms with Crippen LogP contribution in [-0.4, -0.2) is 19.5 Å². The number of fused-ring (bicyclic) bond motifs is 4. The molecule has 0 unspecified atom stereocenters. The maximum absolute atomic E-state index is 6.24. The third-order valence-corrected chi connectivity index (χ3v) is 5.41. The molecule has 0 radical (unpaired) electrons. The van der Waals surface area contributed by atoms with E-state index < -0.39 is 0 Å². The number of rotatable bonds is 2. The summed E-state index contributed by atoms with van der Waals surface area (Å²) in [4.78, 5) is 14.1. The smallest absolute Gasteiger partial charge is 0.227 e. The first-order valence-corrected chi connectivity index (χ1v) is 9.89. The Kier molecular flexibility index (Phi) is 3.53. The Labute approximate surface area is 172 Å². The van der Waals surface area contributed by atoms with E-state index in [1.807, 2.05) is 56.4 Å². The average Bonchev–Trinajstić information content (AvgIpc) is 3.31. The number of benzene rings is 2. The van der Waals surface area contributed by atoms with Crippen molar-refractivity contribution in [1.29, 1.82) is 0 Å². The fraction of sp³-hybridized carbons (Fsp3) is 0.0800. The van der Waals surface area contributed by atoms with Crippen LogP contribution in [0.25, 0.3) is 50.3 Å². The summed E-state index contributed by atoms with van der Waals surface area (Å²) >= 11 is 0. The van der Waals surface area contributed by atoms with Crippen molar-refractivity contribution < 1.29 is 4.42 Å². The molecule has 30 heavy (non-hydrogen) atoms. The highest BCUT2D eigenvalue weighted by molar-refractivity contribution is 6.08. The van der Waals surface area contributed by atoms with Crippen molar-refractivity contribution in [1.82, 2.24) is 19.5 Å². The average molecular weight is 390 g/mol. The Morgan fingerprint density at radius 3 is 2.57 bits per heavy atom. The van der Waals surface area contributed by atoms with E-state index in [0.29, 0.717) is 11.4 Å². The van der Waals surface area contributed by atoms with Crippen LogP contribution < -0.4 is 0 Å². The van der Waals surface area contributed by atoms with Gasteiger partial charge in [0, 0.05) is 28.4 Å². The molecule has 2 aromatic carbocycles. The van der Waals surface area contributed by atoms with Gasteiger partial charge in [0.15, 0.2) is 11.5 Å². The van der Waals surface area contributed by atoms with E-state index in [1.165, 1.54) is 0 Å². The first kappa shape index (κ1) is 16.9. The number of hydrogen-bond donors (Lipinski definition) is 0. The van der Waals surface area contributed by atoms with Crippen molar-refractivity contribution in [3.8, 4) is 17.1 Å². The lowest BCUT2D eigenvalue weighted by molar-refractivity contribution is 0.653. The van der Waals surface area contributed by atoms with Gasteiger partial charge < -0.3 is 4.42 Å². The lowest BCUT2D eigenvalue weighted by Crippen LogP contribution is -1.97. The molecule has 5 nitrogen and oxygen atoms in total. The van der Waals surface area contributed by atoms with Gasteiger partial charge >= 0.3 is 0 Å². The molecule has 4 aromatic heterocycles. The van der Waals surface area contributed by atoms with Crippen LogP contribution in [0.3, 0.4) is 0 Å². The van der Waals surface area contributed by atoms with E-state index in [0.717, 1.165) is 50.2 Å². The molecule has 0 saturated carbocycles. The number of hydrogen-bond acceptors (Lipinski definition) is 4. The van der Waals surface area contributed by atoms with Crippen molar-refractivity contribution >= 4 is 33.2 Å². The van der Waals surface area contributed by atoms with Gasteiger partial charge in [-0.15, -0.1) is 0 Å². The quantitative estimate of drug-likeness (QED) is 0.364. The van der Waals surface area contributed by atoms with Crippen LogP contribution >= 0.6 is 0 Å². The zero-order valence-corrected chi connectivity index (χ0v) is 16.6. The molecule has 4 heterocycles. The van der Waals surface area contributed by atoms with Crippen LogP contribution in [-0.2, 0) is 0 Å². The summed E-state index contributed by atoms with van der Waals surface area (Å²) in [5.74, 6) is 0.802. The molecule has 5 heteroatoms. The van der Waals surface area contributed by atoms with Crippen LogP contribution in [0.15, 0.2) is 77.3 Å². The van der Waals surface area contributed by atoms with Gasteiger partial charge in [-0.25, -0.2) is 15.0 Å². The number of imidazole rings is 1. The van der Waals surface area contributed by atoms with Crippen molar-refractivity contribution in [2.24, 2.45) is 0 Å². The van der Waals surface area contributed by atoms with Crippen molar-refractivity contribution in [3.63, 3.8) is 0 Å². The largest absolute Gasteiger partial charge is 0.437 e. The second kappa shape index (κ2) is 6.26. The number of para-hydroxylation sites is 2. The summed E-state index contributed by atoms with van der Waals surface area (Å²) < 4.78 is 8.39. The van der Waals surface area contributed by atoms with Gasteiger partial charge in [-0.3, -0.25) is 4.57 Å². The molecule has 0 spiro atoms. The second-order valence-corrected chi connectivity index (χ2v) is 7.55. The Morgan fingerprint density at radius 2 is 1.70 bits per heavy atom. The lowest BCUT2D eigenvalue weighted by atomic mass is 10.1. The van der Waals surface area contributed by atoms with Gasteiger partial charge in [0.25, 0.3) is 0 Å². The van der Waals surface area contributed by atoms with Crippen LogP contribution in [0.2, 0.25) is 0 Å². The molecule has 0 bridgehead atoms. The molecule has 0 saturated heterocycles. The summed E-state index contributed by atoms with van der Waals surface area (Å²) in [5, 5.41) is 2.04. The predicted molar refractivity (Wildman–Crippen MR) is 119 cm³/mol. The molecule has 0 amide bonds. The Balaban J connectivity index is 1.73. The predicted octanol–water partition coefficient (Wildman–Crippen LogP) is 6.00. The zero-order valence-electron chi connectivity index (χ0n) is 16.6. The molecule has 0 fully saturated rings. The van der Waals surface area contributed by atoms with Gasteiger partial charge in [0.1, 0.15) is 5.58 Å². The van der Waals surface area contributed by atoms with Crippen LogP contribution in [0.4, 0.5) is 0 Å². The fourth-order valence-corrected chi connectivity index (χ4v) is 4.03. The number of aromatic nitrogens is 4. The van der Waals surface area contributed by atoms with E-state index in [2.05, 4.69) is 44.9 Å². The molecule has 144 valence electrons. The summed E-state index contributed by atoms with van der Waals surface area (Å²) in [6, 6.07) is 22.6. The van der Waals surface area contributed by atoms with Crippen LogP contribution in [0.5, 0.6) is 0 Å². The standard InChI is InChI=1S/C25H18N4O/c1-15-13-21-23(26-14-15)28-24(29(21)17-7-4-3-5-8-17)20-10-6-9-18-19-12-11-16(2)27-25(19)30-22(18)20/h3-14H,1-2H3. The lowest BCUT2D eigenvalue weighted by Gasteiger charge is -2.09. The minimum absolute atomic E-state index is 0.647. The van der Waals surface area contributed by atoms with Crippen molar-refractivity contribution in [3.05, 3.63) is 84.2 Å². The van der Waals surface area contributed by atoms with E-state index in [9.17, 15) is 0 Å². The Morgan fingerprint density at radius 1 is 0.833 bits per heavy atom. The third-order valence-electron chi connectivity index (χ3n) is 5.41. The van der Waals surface area contributed by atoms with Gasteiger partial charge in [0.2, 0.25) is 5.71 Å². The Bertz CT molecular complexity index is 1560. The molecule has 6 rings (SSSR count). The first-order valence-electron chi connectivity index (χ1n) is 9.89. The van der Waals surface area contributed by atoms with Gasteiger partial charge in [0.05, 0.1) is 11.1 Å². The summed E-state index contributed by atoms with van der Waals surface area (Å²) in [6.07, 6.45) is 1.85. The molecular weight excluding hydrogens is 372 g/mol. The fourth-order valence-electron chi connectivity index (χ4n) is 4.03. The molecule has 0 atom stereocenters. The summed E-state index contributed by atoms with van der Waals surface area (Å²) in [7, 11) is 0. The van der Waals surface area contributed by atoms with Crippen molar-refractivity contribution in [2.75, 3.05) is 0 Å². The molecule has 0 N–H and O–H groups in total. The van der Waals surface area contributed by atoms with Gasteiger partial charge in [-0.1, -0.05) is 30.3 Å². The van der Waals surface area contributed by atoms with E-state index in [-0.39, 0.29) is 0 Å². The molecule has 0 aliphatic rings. The minimum Gasteiger partial charge on any atom is -0.437 e. The van der Waals surface area contributed by atoms with Gasteiger partial charge in [-0.05, 0) is 55.8 Å². The first-order chi connectivity index (χ1) is 14.7. The second-order valence-electron chi connectivity index (χ2n) is 7.55. The number of nitrogens with zero attached hydrogens (tertiary/aromatic N) is 4. The van der Waals surface area contributed by atoms with E-state index in [1.54, 1.807) is 0 Å². The van der Waals surface area contributed by atoms with Crippen LogP contribution in [0.1, 0.15) is 11.3 Å². The van der Waals surface area contributed by atoms with E-state index >= 15 is 0 Å². The monoisotopic (exact) mass is 390 g/mol. The zero-order chi connectivity index (χ0) is 20.2. The van der Waals surface area contributed by atoms with Gasteiger partial charge in [-0.2, -0.15) is 0 Å². The topological polar surface area (TPSA) is 56.7 Å². The number of aryl methyl sites for hydroxylation is 2. The minimum atomic E-state index is 0.647. The normalized spacial score (nSPS) is 11.7. The number of pyridine rings is 2. The SMILES string of the molecule is Cc1cnc2nc(-c3cccc4c3oc3nc(C)ccc34)n(-c3ccccc3)c2c1. The molecule has 0 aliphatic carbocycles. The van der Waals surface area contributed by atoms with Crippen LogP contribution in [0, 0.1) is 13.8 Å². The molecule has 0 aliphatic heterocycles. The highest BCUT2D eigenvalue weighted by Crippen LogP contribution is 2.37. The summed E-state index contributed by atoms with van der Waals surface area (Å²) in [5.41, 5.74) is 7.09.